The zero-order chi connectivity index (χ0) is 15.8. The molecule has 0 aliphatic heterocycles. The molecule has 0 amide bonds. The maximum Gasteiger partial charge on any atom is 0.191 e. The summed E-state index contributed by atoms with van der Waals surface area (Å²) in [5.41, 5.74) is 1.11. The molecule has 1 aromatic heterocycles. The second-order valence-corrected chi connectivity index (χ2v) is 5.21. The van der Waals surface area contributed by atoms with E-state index in [1.54, 1.807) is 13.4 Å². The third-order valence-electron chi connectivity index (χ3n) is 3.23. The van der Waals surface area contributed by atoms with Gasteiger partial charge in [-0.15, -0.1) is 34.2 Å². The van der Waals surface area contributed by atoms with Gasteiger partial charge in [0.15, 0.2) is 5.96 Å². The van der Waals surface area contributed by atoms with Gasteiger partial charge in [0.2, 0.25) is 0 Å². The van der Waals surface area contributed by atoms with E-state index >= 15 is 0 Å². The lowest BCUT2D eigenvalue weighted by Gasteiger charge is -2.12. The van der Waals surface area contributed by atoms with E-state index in [-0.39, 0.29) is 24.0 Å². The molecule has 0 unspecified atom stereocenters. The van der Waals surface area contributed by atoms with Gasteiger partial charge >= 0.3 is 0 Å². The number of benzene rings is 1. The second kappa shape index (κ2) is 10.4. The highest BCUT2D eigenvalue weighted by Gasteiger charge is 2.02. The molecule has 0 atom stereocenters. The van der Waals surface area contributed by atoms with Crippen molar-refractivity contribution >= 4 is 41.5 Å². The lowest BCUT2D eigenvalue weighted by atomic mass is 10.2. The molecular formula is C15H22ClIN6. The highest BCUT2D eigenvalue weighted by molar-refractivity contribution is 14.0. The average molecular weight is 449 g/mol. The van der Waals surface area contributed by atoms with E-state index in [9.17, 15) is 0 Å². The molecule has 2 N–H and O–H groups in total. The van der Waals surface area contributed by atoms with Crippen molar-refractivity contribution in [3.63, 3.8) is 0 Å². The van der Waals surface area contributed by atoms with Crippen molar-refractivity contribution in [2.75, 3.05) is 13.6 Å². The van der Waals surface area contributed by atoms with Gasteiger partial charge in [0.1, 0.15) is 12.2 Å². The predicted octanol–water partition coefficient (Wildman–Crippen LogP) is 2.48. The molecule has 2 aromatic rings. The molecule has 0 saturated carbocycles. The van der Waals surface area contributed by atoms with Crippen LogP contribution in [0.2, 0.25) is 5.02 Å². The predicted molar refractivity (Wildman–Crippen MR) is 104 cm³/mol. The minimum atomic E-state index is 0. The summed E-state index contributed by atoms with van der Waals surface area (Å²) in [6, 6.07) is 7.76. The lowest BCUT2D eigenvalue weighted by molar-refractivity contribution is 0.632. The largest absolute Gasteiger partial charge is 0.355 e. The zero-order valence-electron chi connectivity index (χ0n) is 13.3. The molecule has 1 heterocycles. The summed E-state index contributed by atoms with van der Waals surface area (Å²) in [7, 11) is 1.75. The number of guanidine groups is 1. The van der Waals surface area contributed by atoms with Gasteiger partial charge in [0, 0.05) is 38.1 Å². The number of hydrogen-bond acceptors (Lipinski definition) is 3. The van der Waals surface area contributed by atoms with Crippen LogP contribution in [0.3, 0.4) is 0 Å². The van der Waals surface area contributed by atoms with Gasteiger partial charge < -0.3 is 15.2 Å². The van der Waals surface area contributed by atoms with Gasteiger partial charge in [-0.2, -0.15) is 0 Å². The van der Waals surface area contributed by atoms with Crippen molar-refractivity contribution in [1.82, 2.24) is 25.4 Å². The number of nitrogens with zero attached hydrogens (tertiary/aromatic N) is 4. The molecular weight excluding hydrogens is 427 g/mol. The first-order valence-corrected chi connectivity index (χ1v) is 7.66. The maximum atomic E-state index is 5.98. The van der Waals surface area contributed by atoms with Gasteiger partial charge in [-0.3, -0.25) is 4.99 Å². The van der Waals surface area contributed by atoms with Gasteiger partial charge in [0.05, 0.1) is 0 Å². The van der Waals surface area contributed by atoms with Crippen LogP contribution in [0.1, 0.15) is 18.3 Å². The highest BCUT2D eigenvalue weighted by Crippen LogP contribution is 2.10. The Morgan fingerprint density at radius 3 is 2.87 bits per heavy atom. The van der Waals surface area contributed by atoms with Gasteiger partial charge in [-0.25, -0.2) is 0 Å². The summed E-state index contributed by atoms with van der Waals surface area (Å²) in [6.07, 6.45) is 2.63. The SMILES string of the molecule is CCc1nncn1CCNC(=NC)NCc1cccc(Cl)c1.I. The van der Waals surface area contributed by atoms with Crippen LogP contribution >= 0.6 is 35.6 Å². The molecule has 2 rings (SSSR count). The maximum absolute atomic E-state index is 5.98. The fourth-order valence-corrected chi connectivity index (χ4v) is 2.30. The van der Waals surface area contributed by atoms with Crippen molar-refractivity contribution < 1.29 is 0 Å². The molecule has 6 nitrogen and oxygen atoms in total. The van der Waals surface area contributed by atoms with E-state index in [1.165, 1.54) is 0 Å². The Morgan fingerprint density at radius 1 is 1.35 bits per heavy atom. The lowest BCUT2D eigenvalue weighted by Crippen LogP contribution is -2.38. The van der Waals surface area contributed by atoms with E-state index in [2.05, 4.69) is 32.7 Å². The van der Waals surface area contributed by atoms with Crippen LogP contribution in [0.5, 0.6) is 0 Å². The van der Waals surface area contributed by atoms with E-state index in [0.717, 1.165) is 41.9 Å². The Kier molecular flexibility index (Phi) is 8.93. The minimum Gasteiger partial charge on any atom is -0.355 e. The quantitative estimate of drug-likeness (QED) is 0.405. The molecule has 0 saturated heterocycles. The summed E-state index contributed by atoms with van der Waals surface area (Å²) < 4.78 is 2.04. The molecule has 126 valence electrons. The van der Waals surface area contributed by atoms with Crippen molar-refractivity contribution in [2.45, 2.75) is 26.4 Å². The highest BCUT2D eigenvalue weighted by atomic mass is 127. The fourth-order valence-electron chi connectivity index (χ4n) is 2.09. The van der Waals surface area contributed by atoms with Crippen LogP contribution in [0.4, 0.5) is 0 Å². The summed E-state index contributed by atoms with van der Waals surface area (Å²) in [5, 5.41) is 15.3. The number of nitrogens with one attached hydrogen (secondary N) is 2. The molecule has 8 heteroatoms. The third kappa shape index (κ3) is 6.34. The fraction of sp³-hybridized carbons (Fsp3) is 0.400. The van der Waals surface area contributed by atoms with Crippen LogP contribution in [0.15, 0.2) is 35.6 Å². The number of aliphatic imine (C=N–C) groups is 1. The normalized spacial score (nSPS) is 11.0. The van der Waals surface area contributed by atoms with Crippen LogP contribution in [-0.4, -0.2) is 34.3 Å². The second-order valence-electron chi connectivity index (χ2n) is 4.78. The smallest absolute Gasteiger partial charge is 0.191 e. The van der Waals surface area contributed by atoms with Crippen LogP contribution in [0, 0.1) is 0 Å². The van der Waals surface area contributed by atoms with E-state index in [1.807, 2.05) is 28.8 Å². The number of aryl methyl sites for hydroxylation is 1. The van der Waals surface area contributed by atoms with Crippen LogP contribution < -0.4 is 10.6 Å². The zero-order valence-corrected chi connectivity index (χ0v) is 16.4. The summed E-state index contributed by atoms with van der Waals surface area (Å²) in [6.45, 7) is 4.29. The van der Waals surface area contributed by atoms with Gasteiger partial charge in [-0.1, -0.05) is 30.7 Å². The molecule has 1 aromatic carbocycles. The number of hydrogen-bond donors (Lipinski definition) is 2. The van der Waals surface area contributed by atoms with E-state index in [4.69, 9.17) is 11.6 Å². The molecule has 0 radical (unpaired) electrons. The van der Waals surface area contributed by atoms with Crippen molar-refractivity contribution in [1.29, 1.82) is 0 Å². The molecule has 0 aliphatic carbocycles. The third-order valence-corrected chi connectivity index (χ3v) is 3.46. The first-order valence-electron chi connectivity index (χ1n) is 7.28. The first-order chi connectivity index (χ1) is 10.7. The van der Waals surface area contributed by atoms with Crippen LogP contribution in [-0.2, 0) is 19.5 Å². The van der Waals surface area contributed by atoms with E-state index in [0.29, 0.717) is 6.54 Å². The number of aromatic nitrogens is 3. The van der Waals surface area contributed by atoms with Crippen molar-refractivity contribution in [3.05, 3.63) is 47.0 Å². The Balaban J connectivity index is 0.00000264. The average Bonchev–Trinajstić information content (AvgIpc) is 2.98. The Labute approximate surface area is 158 Å². The van der Waals surface area contributed by atoms with Gasteiger partial charge in [-0.05, 0) is 17.7 Å². The number of rotatable bonds is 6. The van der Waals surface area contributed by atoms with Crippen LogP contribution in [0.25, 0.3) is 0 Å². The standard InChI is InChI=1S/C15H21ClN6.HI/c1-3-14-21-20-11-22(14)8-7-18-15(17-2)19-10-12-5-4-6-13(16)9-12;/h4-6,9,11H,3,7-8,10H2,1-2H3,(H2,17,18,19);1H. The Hall–Kier alpha value is -1.35. The van der Waals surface area contributed by atoms with Gasteiger partial charge in [0.25, 0.3) is 0 Å². The monoisotopic (exact) mass is 448 g/mol. The summed E-state index contributed by atoms with van der Waals surface area (Å²) >= 11 is 5.98. The van der Waals surface area contributed by atoms with Crippen molar-refractivity contribution in [3.8, 4) is 0 Å². The molecule has 0 spiro atoms. The first kappa shape index (κ1) is 19.7. The minimum absolute atomic E-state index is 0. The Morgan fingerprint density at radius 2 is 2.17 bits per heavy atom. The summed E-state index contributed by atoms with van der Waals surface area (Å²) in [5.74, 6) is 1.75. The molecule has 0 bridgehead atoms. The summed E-state index contributed by atoms with van der Waals surface area (Å²) in [4.78, 5) is 4.21. The molecule has 23 heavy (non-hydrogen) atoms. The Bertz CT molecular complexity index is 628. The van der Waals surface area contributed by atoms with E-state index < -0.39 is 0 Å². The van der Waals surface area contributed by atoms with Crippen molar-refractivity contribution in [2.24, 2.45) is 4.99 Å². The molecule has 0 fully saturated rings. The number of halogens is 2. The topological polar surface area (TPSA) is 67.1 Å². The molecule has 0 aliphatic rings.